The highest BCUT2D eigenvalue weighted by molar-refractivity contribution is 6.31. The van der Waals surface area contributed by atoms with Crippen molar-refractivity contribution in [3.63, 3.8) is 0 Å². The quantitative estimate of drug-likeness (QED) is 0.417. The van der Waals surface area contributed by atoms with Crippen molar-refractivity contribution >= 4 is 46.1 Å². The number of carbonyl (C=O) groups is 2. The predicted molar refractivity (Wildman–Crippen MR) is 115 cm³/mol. The Kier molecular flexibility index (Phi) is 6.46. The number of aromatic hydroxyl groups is 1. The van der Waals surface area contributed by atoms with Gasteiger partial charge in [0.05, 0.1) is 6.21 Å². The second-order valence-corrected chi connectivity index (χ2v) is 6.96. The van der Waals surface area contributed by atoms with Crippen LogP contribution in [0.4, 0.5) is 5.69 Å². The van der Waals surface area contributed by atoms with Crippen molar-refractivity contribution in [1.82, 2.24) is 5.43 Å². The third-order valence-electron chi connectivity index (χ3n) is 4.38. The molecular formula is C22H20ClN3O3. The molecule has 0 bridgehead atoms. The lowest BCUT2D eigenvalue weighted by Crippen LogP contribution is -2.20. The Morgan fingerprint density at radius 3 is 2.66 bits per heavy atom. The molecule has 7 heteroatoms. The summed E-state index contributed by atoms with van der Waals surface area (Å²) >= 11 is 5.93. The molecule has 0 radical (unpaired) electrons. The number of phenols is 1. The average Bonchev–Trinajstić information content (AvgIpc) is 2.71. The standard InChI is InChI=1S/C22H20ClN3O3/c1-14-6-8-16(23)12-19(14)25-21(28)10-11-22(29)26-24-13-18-17-5-3-2-4-15(17)7-9-20(18)27/h2-9,12-13,27H,10-11H2,1H3,(H,25,28)(H,26,29)/b24-13+. The Bertz CT molecular complexity index is 1100. The van der Waals surface area contributed by atoms with E-state index in [1.807, 2.05) is 37.3 Å². The van der Waals surface area contributed by atoms with E-state index in [-0.39, 0.29) is 24.5 Å². The Labute approximate surface area is 173 Å². The van der Waals surface area contributed by atoms with E-state index < -0.39 is 5.91 Å². The highest BCUT2D eigenvalue weighted by Crippen LogP contribution is 2.25. The molecule has 0 heterocycles. The number of fused-ring (bicyclic) bond motifs is 1. The number of phenolic OH excluding ortho intramolecular Hbond substituents is 1. The average molecular weight is 410 g/mol. The molecular weight excluding hydrogens is 390 g/mol. The summed E-state index contributed by atoms with van der Waals surface area (Å²) < 4.78 is 0. The second-order valence-electron chi connectivity index (χ2n) is 6.52. The topological polar surface area (TPSA) is 90.8 Å². The zero-order chi connectivity index (χ0) is 20.8. The van der Waals surface area contributed by atoms with Gasteiger partial charge in [0.1, 0.15) is 5.75 Å². The van der Waals surface area contributed by atoms with Crippen LogP contribution < -0.4 is 10.7 Å². The van der Waals surface area contributed by atoms with E-state index in [0.717, 1.165) is 16.3 Å². The van der Waals surface area contributed by atoms with Crippen LogP contribution >= 0.6 is 11.6 Å². The van der Waals surface area contributed by atoms with Gasteiger partial charge in [0, 0.05) is 29.1 Å². The first-order chi connectivity index (χ1) is 13.9. The number of nitrogens with one attached hydrogen (secondary N) is 2. The van der Waals surface area contributed by atoms with E-state index in [0.29, 0.717) is 16.3 Å². The molecule has 6 nitrogen and oxygen atoms in total. The molecule has 0 saturated heterocycles. The lowest BCUT2D eigenvalue weighted by Gasteiger charge is -2.08. The molecule has 29 heavy (non-hydrogen) atoms. The zero-order valence-corrected chi connectivity index (χ0v) is 16.5. The Balaban J connectivity index is 1.55. The van der Waals surface area contributed by atoms with Gasteiger partial charge < -0.3 is 10.4 Å². The Hall–Kier alpha value is -3.38. The molecule has 148 valence electrons. The smallest absolute Gasteiger partial charge is 0.240 e. The summed E-state index contributed by atoms with van der Waals surface area (Å²) in [7, 11) is 0. The van der Waals surface area contributed by atoms with E-state index in [4.69, 9.17) is 11.6 Å². The molecule has 0 aromatic heterocycles. The third kappa shape index (κ3) is 5.33. The van der Waals surface area contributed by atoms with Gasteiger partial charge in [-0.3, -0.25) is 9.59 Å². The molecule has 0 aliphatic carbocycles. The number of rotatable bonds is 6. The molecule has 0 aliphatic heterocycles. The first-order valence-electron chi connectivity index (χ1n) is 9.02. The van der Waals surface area contributed by atoms with Crippen molar-refractivity contribution in [2.24, 2.45) is 5.10 Å². The fourth-order valence-electron chi connectivity index (χ4n) is 2.81. The van der Waals surface area contributed by atoms with Crippen molar-refractivity contribution < 1.29 is 14.7 Å². The molecule has 3 N–H and O–H groups in total. The molecule has 0 saturated carbocycles. The van der Waals surface area contributed by atoms with Crippen LogP contribution in [0.3, 0.4) is 0 Å². The van der Waals surface area contributed by atoms with E-state index in [9.17, 15) is 14.7 Å². The summed E-state index contributed by atoms with van der Waals surface area (Å²) in [6, 6.07) is 16.1. The van der Waals surface area contributed by atoms with Crippen molar-refractivity contribution in [2.45, 2.75) is 19.8 Å². The van der Waals surface area contributed by atoms with E-state index in [2.05, 4.69) is 15.8 Å². The molecule has 3 aromatic carbocycles. The van der Waals surface area contributed by atoms with Gasteiger partial charge in [0.15, 0.2) is 0 Å². The summed E-state index contributed by atoms with van der Waals surface area (Å²) in [4.78, 5) is 24.0. The van der Waals surface area contributed by atoms with Crippen molar-refractivity contribution in [3.05, 3.63) is 70.7 Å². The van der Waals surface area contributed by atoms with Crippen LogP contribution in [0, 0.1) is 6.92 Å². The minimum absolute atomic E-state index is 0.00677. The maximum Gasteiger partial charge on any atom is 0.240 e. The number of anilines is 1. The van der Waals surface area contributed by atoms with Gasteiger partial charge in [-0.1, -0.05) is 48.0 Å². The lowest BCUT2D eigenvalue weighted by molar-refractivity contribution is -0.124. The third-order valence-corrected chi connectivity index (χ3v) is 4.62. The maximum atomic E-state index is 12.1. The maximum absolute atomic E-state index is 12.1. The molecule has 0 unspecified atom stereocenters. The SMILES string of the molecule is Cc1ccc(Cl)cc1NC(=O)CCC(=O)N/N=C/c1c(O)ccc2ccccc12. The van der Waals surface area contributed by atoms with Gasteiger partial charge in [-0.05, 0) is 41.5 Å². The number of amides is 2. The molecule has 2 amide bonds. The van der Waals surface area contributed by atoms with Gasteiger partial charge in [0.25, 0.3) is 0 Å². The number of hydrogen-bond acceptors (Lipinski definition) is 4. The zero-order valence-electron chi connectivity index (χ0n) is 15.8. The van der Waals surface area contributed by atoms with Gasteiger partial charge >= 0.3 is 0 Å². The van der Waals surface area contributed by atoms with E-state index in [1.54, 1.807) is 24.3 Å². The summed E-state index contributed by atoms with van der Waals surface area (Å²) in [6.07, 6.45) is 1.38. The summed E-state index contributed by atoms with van der Waals surface area (Å²) in [6.45, 7) is 1.86. The van der Waals surface area contributed by atoms with Crippen LogP contribution in [-0.4, -0.2) is 23.1 Å². The molecule has 0 aliphatic rings. The van der Waals surface area contributed by atoms with Crippen LogP contribution in [0.1, 0.15) is 24.0 Å². The molecule has 3 aromatic rings. The summed E-state index contributed by atoms with van der Waals surface area (Å²) in [5, 5.41) is 19.0. The summed E-state index contributed by atoms with van der Waals surface area (Å²) in [5.41, 5.74) is 4.39. The van der Waals surface area contributed by atoms with Crippen molar-refractivity contribution in [1.29, 1.82) is 0 Å². The molecule has 3 rings (SSSR count). The monoisotopic (exact) mass is 409 g/mol. The van der Waals surface area contributed by atoms with Gasteiger partial charge in [-0.2, -0.15) is 5.10 Å². The predicted octanol–water partition coefficient (Wildman–Crippen LogP) is 4.38. The number of carbonyl (C=O) groups excluding carboxylic acids is 2. The number of nitrogens with zero attached hydrogens (tertiary/aromatic N) is 1. The second kappa shape index (κ2) is 9.21. The Morgan fingerprint density at radius 1 is 1.07 bits per heavy atom. The fraction of sp³-hybridized carbons (Fsp3) is 0.136. The summed E-state index contributed by atoms with van der Waals surface area (Å²) in [5.74, 6) is -0.627. The van der Waals surface area contributed by atoms with Crippen LogP contribution in [0.15, 0.2) is 59.7 Å². The van der Waals surface area contributed by atoms with Crippen molar-refractivity contribution in [3.8, 4) is 5.75 Å². The van der Waals surface area contributed by atoms with Crippen LogP contribution in [0.2, 0.25) is 5.02 Å². The highest BCUT2D eigenvalue weighted by Gasteiger charge is 2.09. The van der Waals surface area contributed by atoms with Gasteiger partial charge in [0.2, 0.25) is 11.8 Å². The minimum atomic E-state index is -0.404. The largest absolute Gasteiger partial charge is 0.507 e. The van der Waals surface area contributed by atoms with Crippen LogP contribution in [0.25, 0.3) is 10.8 Å². The van der Waals surface area contributed by atoms with Crippen LogP contribution in [-0.2, 0) is 9.59 Å². The first-order valence-corrected chi connectivity index (χ1v) is 9.40. The normalized spacial score (nSPS) is 11.0. The van der Waals surface area contributed by atoms with Crippen molar-refractivity contribution in [2.75, 3.05) is 5.32 Å². The highest BCUT2D eigenvalue weighted by atomic mass is 35.5. The number of aryl methyl sites for hydroxylation is 1. The number of hydrazone groups is 1. The number of hydrogen-bond donors (Lipinski definition) is 3. The van der Waals surface area contributed by atoms with Crippen LogP contribution in [0.5, 0.6) is 5.75 Å². The molecule has 0 atom stereocenters. The first kappa shape index (κ1) is 20.4. The fourth-order valence-corrected chi connectivity index (χ4v) is 2.99. The Morgan fingerprint density at radius 2 is 1.83 bits per heavy atom. The van der Waals surface area contributed by atoms with E-state index >= 15 is 0 Å². The van der Waals surface area contributed by atoms with Gasteiger partial charge in [-0.15, -0.1) is 0 Å². The molecule has 0 spiro atoms. The molecule has 0 fully saturated rings. The number of benzene rings is 3. The minimum Gasteiger partial charge on any atom is -0.507 e. The lowest BCUT2D eigenvalue weighted by atomic mass is 10.0. The number of halogens is 1. The van der Waals surface area contributed by atoms with Gasteiger partial charge in [-0.25, -0.2) is 5.43 Å². The van der Waals surface area contributed by atoms with E-state index in [1.165, 1.54) is 6.21 Å².